The minimum absolute atomic E-state index is 0.173. The van der Waals surface area contributed by atoms with E-state index in [2.05, 4.69) is 20.7 Å². The summed E-state index contributed by atoms with van der Waals surface area (Å²) in [4.78, 5) is 11.9. The maximum atomic E-state index is 13.0. The van der Waals surface area contributed by atoms with Gasteiger partial charge >= 0.3 is 0 Å². The molecule has 11 heteroatoms. The highest BCUT2D eigenvalue weighted by atomic mass is 35.5. The fourth-order valence-electron chi connectivity index (χ4n) is 2.37. The van der Waals surface area contributed by atoms with Crippen molar-refractivity contribution in [1.82, 2.24) is 15.6 Å². The molecule has 0 aliphatic carbocycles. The monoisotopic (exact) mass is 480 g/mol. The zero-order chi connectivity index (χ0) is 22.2. The number of hydrazone groups is 1. The molecule has 162 valence electrons. The Balaban J connectivity index is 1.57. The minimum Gasteiger partial charge on any atom is -0.493 e. The summed E-state index contributed by atoms with van der Waals surface area (Å²) in [6.45, 7) is 2.05. The van der Waals surface area contributed by atoms with E-state index >= 15 is 0 Å². The number of halogens is 2. The molecule has 3 aromatic rings. The maximum Gasteiger partial charge on any atom is 0.250 e. The lowest BCUT2D eigenvalue weighted by atomic mass is 10.2. The molecule has 1 heterocycles. The van der Waals surface area contributed by atoms with Crippen LogP contribution in [-0.4, -0.2) is 35.2 Å². The summed E-state index contributed by atoms with van der Waals surface area (Å²) >= 11 is 9.05. The number of carbonyl (C=O) groups excluding carboxylic acids is 1. The standard InChI is InChI=1S/C20H18ClFN4O3S2/c1-12-24-26-20(31-12)30-11-18(27)25-23-9-14-7-16(21)19(17(8-14)28-2)29-10-13-3-5-15(22)6-4-13/h3-9H,10-11H2,1-2H3,(H,25,27)/b23-9-. The van der Waals surface area contributed by atoms with E-state index in [1.807, 2.05) is 6.92 Å². The molecular formula is C20H18ClFN4O3S2. The first-order valence-corrected chi connectivity index (χ1v) is 11.1. The lowest BCUT2D eigenvalue weighted by molar-refractivity contribution is -0.118. The van der Waals surface area contributed by atoms with Gasteiger partial charge in [-0.15, -0.1) is 10.2 Å². The van der Waals surface area contributed by atoms with Gasteiger partial charge in [0.1, 0.15) is 17.4 Å². The van der Waals surface area contributed by atoms with Crippen LogP contribution in [0.2, 0.25) is 5.02 Å². The molecule has 1 aromatic heterocycles. The lowest BCUT2D eigenvalue weighted by Gasteiger charge is -2.13. The summed E-state index contributed by atoms with van der Waals surface area (Å²) in [5.74, 6) is 0.352. The molecule has 0 saturated heterocycles. The second-order valence-corrected chi connectivity index (χ2v) is 8.93. The normalized spacial score (nSPS) is 11.0. The van der Waals surface area contributed by atoms with Crippen LogP contribution in [0.4, 0.5) is 4.39 Å². The van der Waals surface area contributed by atoms with E-state index in [0.29, 0.717) is 22.1 Å². The van der Waals surface area contributed by atoms with Crippen molar-refractivity contribution < 1.29 is 18.7 Å². The van der Waals surface area contributed by atoms with Crippen LogP contribution >= 0.6 is 34.7 Å². The largest absolute Gasteiger partial charge is 0.493 e. The van der Waals surface area contributed by atoms with Crippen molar-refractivity contribution in [1.29, 1.82) is 0 Å². The highest BCUT2D eigenvalue weighted by molar-refractivity contribution is 8.01. The zero-order valence-corrected chi connectivity index (χ0v) is 19.0. The molecule has 1 N–H and O–H groups in total. The average Bonchev–Trinajstić information content (AvgIpc) is 3.17. The topological polar surface area (TPSA) is 85.7 Å². The molecule has 0 saturated carbocycles. The Morgan fingerprint density at radius 1 is 1.32 bits per heavy atom. The van der Waals surface area contributed by atoms with E-state index in [9.17, 15) is 9.18 Å². The molecule has 0 aliphatic heterocycles. The molecule has 2 aromatic carbocycles. The summed E-state index contributed by atoms with van der Waals surface area (Å²) in [5, 5.41) is 13.0. The van der Waals surface area contributed by atoms with Crippen LogP contribution in [0.15, 0.2) is 45.8 Å². The number of methoxy groups -OCH3 is 1. The van der Waals surface area contributed by atoms with Crippen LogP contribution in [0.5, 0.6) is 11.5 Å². The van der Waals surface area contributed by atoms with Crippen molar-refractivity contribution in [3.8, 4) is 11.5 Å². The molecule has 0 radical (unpaired) electrons. The lowest BCUT2D eigenvalue weighted by Crippen LogP contribution is -2.19. The SMILES string of the molecule is COc1cc(/C=N\NC(=O)CSc2nnc(C)s2)cc(Cl)c1OCc1ccc(F)cc1. The van der Waals surface area contributed by atoms with Gasteiger partial charge in [0.2, 0.25) is 0 Å². The van der Waals surface area contributed by atoms with Crippen molar-refractivity contribution in [2.45, 2.75) is 17.9 Å². The third-order valence-electron chi connectivity index (χ3n) is 3.79. The van der Waals surface area contributed by atoms with Crippen molar-refractivity contribution >= 4 is 46.8 Å². The summed E-state index contributed by atoms with van der Waals surface area (Å²) in [6.07, 6.45) is 1.45. The zero-order valence-electron chi connectivity index (χ0n) is 16.6. The Morgan fingerprint density at radius 2 is 2.10 bits per heavy atom. The first-order valence-electron chi connectivity index (χ1n) is 8.94. The molecule has 0 aliphatic rings. The highest BCUT2D eigenvalue weighted by Gasteiger charge is 2.12. The van der Waals surface area contributed by atoms with Gasteiger partial charge in [-0.2, -0.15) is 5.10 Å². The molecule has 31 heavy (non-hydrogen) atoms. The number of thioether (sulfide) groups is 1. The minimum atomic E-state index is -0.316. The number of rotatable bonds is 9. The van der Waals surface area contributed by atoms with Gasteiger partial charge in [-0.3, -0.25) is 4.79 Å². The number of nitrogens with one attached hydrogen (secondary N) is 1. The van der Waals surface area contributed by atoms with Crippen LogP contribution in [0, 0.1) is 12.7 Å². The number of aromatic nitrogens is 2. The van der Waals surface area contributed by atoms with E-state index < -0.39 is 0 Å². The van der Waals surface area contributed by atoms with Crippen LogP contribution in [0.3, 0.4) is 0 Å². The van der Waals surface area contributed by atoms with Gasteiger partial charge in [0.15, 0.2) is 15.8 Å². The predicted octanol–water partition coefficient (Wildman–Crippen LogP) is 4.47. The predicted molar refractivity (Wildman–Crippen MR) is 120 cm³/mol. The molecule has 0 bridgehead atoms. The van der Waals surface area contributed by atoms with Gasteiger partial charge in [0.05, 0.1) is 24.1 Å². The fraction of sp³-hybridized carbons (Fsp3) is 0.200. The van der Waals surface area contributed by atoms with Crippen molar-refractivity contribution in [2.75, 3.05) is 12.9 Å². The summed E-state index contributed by atoms with van der Waals surface area (Å²) < 4.78 is 24.9. The third-order valence-corrected chi connectivity index (χ3v) is 6.04. The van der Waals surface area contributed by atoms with E-state index in [-0.39, 0.29) is 24.1 Å². The maximum absolute atomic E-state index is 13.0. The van der Waals surface area contributed by atoms with Gasteiger partial charge in [0, 0.05) is 0 Å². The number of amides is 1. The number of carbonyl (C=O) groups is 1. The second kappa shape index (κ2) is 11.1. The molecule has 7 nitrogen and oxygen atoms in total. The molecular weight excluding hydrogens is 463 g/mol. The number of hydrogen-bond donors (Lipinski definition) is 1. The summed E-state index contributed by atoms with van der Waals surface area (Å²) in [6, 6.07) is 9.30. The molecule has 0 fully saturated rings. The first kappa shape index (κ1) is 23.0. The third kappa shape index (κ3) is 6.91. The Morgan fingerprint density at radius 3 is 2.77 bits per heavy atom. The van der Waals surface area contributed by atoms with Gasteiger partial charge in [-0.1, -0.05) is 46.8 Å². The van der Waals surface area contributed by atoms with Gasteiger partial charge < -0.3 is 9.47 Å². The summed E-state index contributed by atoms with van der Waals surface area (Å²) in [7, 11) is 1.49. The molecule has 1 amide bonds. The number of benzene rings is 2. The Bertz CT molecular complexity index is 1080. The second-order valence-electron chi connectivity index (χ2n) is 6.12. The highest BCUT2D eigenvalue weighted by Crippen LogP contribution is 2.36. The number of hydrogen-bond acceptors (Lipinski definition) is 8. The fourth-order valence-corrected chi connectivity index (χ4v) is 4.25. The van der Waals surface area contributed by atoms with E-state index in [1.165, 1.54) is 48.6 Å². The number of nitrogens with zero attached hydrogens (tertiary/aromatic N) is 3. The Labute approximate surface area is 191 Å². The number of ether oxygens (including phenoxy) is 2. The quantitative estimate of drug-likeness (QED) is 0.276. The van der Waals surface area contributed by atoms with E-state index in [4.69, 9.17) is 21.1 Å². The van der Waals surface area contributed by atoms with Crippen LogP contribution in [-0.2, 0) is 11.4 Å². The molecule has 0 spiro atoms. The summed E-state index contributed by atoms with van der Waals surface area (Å²) in [5.41, 5.74) is 3.85. The smallest absolute Gasteiger partial charge is 0.250 e. The van der Waals surface area contributed by atoms with Gasteiger partial charge in [0.25, 0.3) is 5.91 Å². The molecule has 0 atom stereocenters. The van der Waals surface area contributed by atoms with Crippen molar-refractivity contribution in [3.05, 3.63) is 63.4 Å². The molecule has 3 rings (SSSR count). The first-order chi connectivity index (χ1) is 14.9. The van der Waals surface area contributed by atoms with Crippen LogP contribution in [0.25, 0.3) is 0 Å². The number of aryl methyl sites for hydroxylation is 1. The van der Waals surface area contributed by atoms with Gasteiger partial charge in [-0.25, -0.2) is 9.82 Å². The van der Waals surface area contributed by atoms with Crippen molar-refractivity contribution in [3.63, 3.8) is 0 Å². The van der Waals surface area contributed by atoms with Crippen LogP contribution < -0.4 is 14.9 Å². The van der Waals surface area contributed by atoms with Crippen molar-refractivity contribution in [2.24, 2.45) is 5.10 Å². The Kier molecular flexibility index (Phi) is 8.21. The van der Waals surface area contributed by atoms with Gasteiger partial charge in [-0.05, 0) is 42.3 Å². The van der Waals surface area contributed by atoms with E-state index in [0.717, 1.165) is 14.9 Å². The Hall–Kier alpha value is -2.69. The average molecular weight is 481 g/mol. The molecule has 0 unspecified atom stereocenters. The van der Waals surface area contributed by atoms with E-state index in [1.54, 1.807) is 24.3 Å². The van der Waals surface area contributed by atoms with Crippen LogP contribution in [0.1, 0.15) is 16.1 Å².